The lowest BCUT2D eigenvalue weighted by Crippen LogP contribution is -2.38. The smallest absolute Gasteiger partial charge is 0.282 e. The first-order valence-corrected chi connectivity index (χ1v) is 11.2. The quantitative estimate of drug-likeness (QED) is 0.400. The van der Waals surface area contributed by atoms with Crippen LogP contribution in [0.2, 0.25) is 0 Å². The highest BCUT2D eigenvalue weighted by Crippen LogP contribution is 2.31. The monoisotopic (exact) mass is 477 g/mol. The number of nitrogens with zero attached hydrogens (tertiary/aromatic N) is 2. The molecule has 35 heavy (non-hydrogen) atoms. The predicted molar refractivity (Wildman–Crippen MR) is 131 cm³/mol. The van der Waals surface area contributed by atoms with Gasteiger partial charge in [-0.25, -0.2) is 0 Å². The zero-order chi connectivity index (χ0) is 24.8. The van der Waals surface area contributed by atoms with Crippen molar-refractivity contribution >= 4 is 23.7 Å². The molecule has 0 saturated heterocycles. The maximum Gasteiger partial charge on any atom is 0.282 e. The number of ether oxygens (including phenoxy) is 4. The lowest BCUT2D eigenvalue weighted by atomic mass is 10.1. The number of aliphatic imine (C=N–C) groups is 1. The highest BCUT2D eigenvalue weighted by molar-refractivity contribution is 6.32. The van der Waals surface area contributed by atoms with Gasteiger partial charge in [0.15, 0.2) is 23.2 Å². The number of carbonyl (C=O) groups excluding carboxylic acids is 1. The molecular weight excluding hydrogens is 450 g/mol. The molecule has 2 aliphatic rings. The average molecular weight is 478 g/mol. The Morgan fingerprint density at radius 3 is 2.66 bits per heavy atom. The lowest BCUT2D eigenvalue weighted by Gasteiger charge is -2.23. The number of rotatable bonds is 10. The van der Waals surface area contributed by atoms with Gasteiger partial charge in [0.25, 0.3) is 5.91 Å². The number of fused-ring (bicyclic) bond motifs is 1. The Hall–Kier alpha value is -4.27. The van der Waals surface area contributed by atoms with E-state index in [2.05, 4.69) is 4.99 Å². The summed E-state index contributed by atoms with van der Waals surface area (Å²) < 4.78 is 22.6. The first-order chi connectivity index (χ1) is 17.0. The molecule has 0 fully saturated rings. The van der Waals surface area contributed by atoms with Crippen molar-refractivity contribution in [3.8, 4) is 23.0 Å². The molecule has 0 bridgehead atoms. The summed E-state index contributed by atoms with van der Waals surface area (Å²) in [4.78, 5) is 22.0. The van der Waals surface area contributed by atoms with Crippen LogP contribution in [0.15, 0.2) is 64.9 Å². The van der Waals surface area contributed by atoms with Crippen molar-refractivity contribution < 1.29 is 28.6 Å². The van der Waals surface area contributed by atoms with Crippen LogP contribution in [0, 0.1) is 5.41 Å². The zero-order valence-corrected chi connectivity index (χ0v) is 19.9. The van der Waals surface area contributed by atoms with E-state index >= 15 is 0 Å². The third-order valence-electron chi connectivity index (χ3n) is 5.12. The van der Waals surface area contributed by atoms with Crippen molar-refractivity contribution in [2.45, 2.75) is 20.3 Å². The SMILES string of the molecule is CCOc1cc(/C=C2/C(=N)N3OC(C)=CC3=NC2=O)ccc1OCCCOc1cccc(OC)c1. The first kappa shape index (κ1) is 23.9. The summed E-state index contributed by atoms with van der Waals surface area (Å²) in [6.45, 7) is 4.99. The summed E-state index contributed by atoms with van der Waals surface area (Å²) in [7, 11) is 1.62. The van der Waals surface area contributed by atoms with Crippen LogP contribution >= 0.6 is 0 Å². The van der Waals surface area contributed by atoms with Gasteiger partial charge in [-0.05, 0) is 49.8 Å². The van der Waals surface area contributed by atoms with E-state index in [1.54, 1.807) is 44.4 Å². The molecule has 0 spiro atoms. The van der Waals surface area contributed by atoms with Gasteiger partial charge in [-0.2, -0.15) is 4.99 Å². The van der Waals surface area contributed by atoms with Crippen LogP contribution in [0.3, 0.4) is 0 Å². The summed E-state index contributed by atoms with van der Waals surface area (Å²) in [6.07, 6.45) is 3.88. The summed E-state index contributed by atoms with van der Waals surface area (Å²) in [6, 6.07) is 12.8. The zero-order valence-electron chi connectivity index (χ0n) is 19.9. The Morgan fingerprint density at radius 1 is 1.06 bits per heavy atom. The first-order valence-electron chi connectivity index (χ1n) is 11.2. The number of carbonyl (C=O) groups is 1. The van der Waals surface area contributed by atoms with Crippen molar-refractivity contribution in [3.05, 3.63) is 65.4 Å². The van der Waals surface area contributed by atoms with Crippen molar-refractivity contribution in [1.29, 1.82) is 5.41 Å². The van der Waals surface area contributed by atoms with Crippen molar-refractivity contribution in [3.63, 3.8) is 0 Å². The van der Waals surface area contributed by atoms with E-state index in [0.717, 1.165) is 11.5 Å². The molecule has 9 heteroatoms. The third-order valence-corrected chi connectivity index (χ3v) is 5.12. The van der Waals surface area contributed by atoms with Crippen LogP contribution in [0.1, 0.15) is 25.8 Å². The molecule has 0 aromatic heterocycles. The average Bonchev–Trinajstić information content (AvgIpc) is 3.23. The van der Waals surface area contributed by atoms with Crippen LogP contribution in [0.25, 0.3) is 6.08 Å². The Morgan fingerprint density at radius 2 is 1.86 bits per heavy atom. The molecule has 0 saturated carbocycles. The van der Waals surface area contributed by atoms with Crippen molar-refractivity contribution in [1.82, 2.24) is 5.06 Å². The minimum Gasteiger partial charge on any atom is -0.497 e. The second-order valence-corrected chi connectivity index (χ2v) is 7.69. The number of methoxy groups -OCH3 is 1. The number of hydrogen-bond donors (Lipinski definition) is 1. The van der Waals surface area contributed by atoms with Crippen molar-refractivity contribution in [2.75, 3.05) is 26.9 Å². The van der Waals surface area contributed by atoms with Gasteiger partial charge in [0.05, 0.1) is 32.5 Å². The molecule has 0 radical (unpaired) electrons. The molecule has 1 N–H and O–H groups in total. The number of allylic oxidation sites excluding steroid dienone is 1. The van der Waals surface area contributed by atoms with E-state index in [1.165, 1.54) is 5.06 Å². The molecule has 2 heterocycles. The fourth-order valence-corrected chi connectivity index (χ4v) is 3.49. The highest BCUT2D eigenvalue weighted by atomic mass is 16.7. The minimum atomic E-state index is -0.495. The van der Waals surface area contributed by atoms with Crippen LogP contribution in [0.5, 0.6) is 23.0 Å². The lowest BCUT2D eigenvalue weighted by molar-refractivity contribution is -0.114. The van der Waals surface area contributed by atoms with Gasteiger partial charge in [0, 0.05) is 18.6 Å². The predicted octanol–water partition coefficient (Wildman–Crippen LogP) is 4.39. The summed E-state index contributed by atoms with van der Waals surface area (Å²) in [5.41, 5.74) is 0.806. The molecule has 9 nitrogen and oxygen atoms in total. The number of amidine groups is 2. The number of nitrogens with one attached hydrogen (secondary N) is 1. The standard InChI is InChI=1S/C26H27N3O6/c1-4-32-23-15-18(14-21-25(27)29-24(28-26(21)30)13-17(2)35-29)9-10-22(23)34-12-6-11-33-20-8-5-7-19(16-20)31-3/h5,7-10,13-16,27H,4,6,11-12H2,1-3H3/b21-14-,27-25?. The summed E-state index contributed by atoms with van der Waals surface area (Å²) >= 11 is 0. The number of amides is 1. The third kappa shape index (κ3) is 5.63. The van der Waals surface area contributed by atoms with E-state index in [1.807, 2.05) is 31.2 Å². The second kappa shape index (κ2) is 10.8. The Bertz CT molecular complexity index is 1220. The van der Waals surface area contributed by atoms with Gasteiger partial charge in [-0.3, -0.25) is 10.2 Å². The van der Waals surface area contributed by atoms with Crippen LogP contribution in [-0.2, 0) is 9.63 Å². The van der Waals surface area contributed by atoms with Gasteiger partial charge >= 0.3 is 0 Å². The van der Waals surface area contributed by atoms with Crippen LogP contribution < -0.4 is 18.9 Å². The molecule has 2 aliphatic heterocycles. The molecule has 2 aromatic carbocycles. The second-order valence-electron chi connectivity index (χ2n) is 7.69. The van der Waals surface area contributed by atoms with Gasteiger partial charge in [0.1, 0.15) is 17.3 Å². The summed E-state index contributed by atoms with van der Waals surface area (Å²) in [5.74, 6) is 2.93. The van der Waals surface area contributed by atoms with E-state index in [0.29, 0.717) is 54.9 Å². The highest BCUT2D eigenvalue weighted by Gasteiger charge is 2.34. The van der Waals surface area contributed by atoms with Gasteiger partial charge < -0.3 is 23.8 Å². The fraction of sp³-hybridized carbons (Fsp3) is 0.269. The maximum atomic E-state index is 12.5. The molecule has 2 aromatic rings. The summed E-state index contributed by atoms with van der Waals surface area (Å²) in [5, 5.41) is 9.59. The fourth-order valence-electron chi connectivity index (χ4n) is 3.49. The largest absolute Gasteiger partial charge is 0.497 e. The van der Waals surface area contributed by atoms with E-state index < -0.39 is 5.91 Å². The van der Waals surface area contributed by atoms with Gasteiger partial charge in [-0.15, -0.1) is 5.06 Å². The van der Waals surface area contributed by atoms with E-state index in [4.69, 9.17) is 29.2 Å². The molecule has 0 aliphatic carbocycles. The topological polar surface area (TPSA) is 103 Å². The Labute approximate surface area is 203 Å². The van der Waals surface area contributed by atoms with E-state index in [9.17, 15) is 4.79 Å². The van der Waals surface area contributed by atoms with Crippen LogP contribution in [-0.4, -0.2) is 49.6 Å². The van der Waals surface area contributed by atoms with E-state index in [-0.39, 0.29) is 11.4 Å². The molecule has 182 valence electrons. The van der Waals surface area contributed by atoms with Crippen molar-refractivity contribution in [2.24, 2.45) is 4.99 Å². The number of hydroxylamine groups is 2. The molecule has 0 unspecified atom stereocenters. The molecular formula is C26H27N3O6. The van der Waals surface area contributed by atoms with Gasteiger partial charge in [0.2, 0.25) is 0 Å². The number of hydrogen-bond acceptors (Lipinski definition) is 7. The molecule has 0 atom stereocenters. The minimum absolute atomic E-state index is 0.0672. The Balaban J connectivity index is 1.39. The molecule has 4 rings (SSSR count). The number of benzene rings is 2. The molecule has 1 amide bonds. The maximum absolute atomic E-state index is 12.5. The Kier molecular flexibility index (Phi) is 7.35. The van der Waals surface area contributed by atoms with Gasteiger partial charge in [-0.1, -0.05) is 12.1 Å². The van der Waals surface area contributed by atoms with Crippen LogP contribution in [0.4, 0.5) is 0 Å². The normalized spacial score (nSPS) is 15.9.